The van der Waals surface area contributed by atoms with E-state index in [-0.39, 0.29) is 11.7 Å². The van der Waals surface area contributed by atoms with E-state index in [0.717, 1.165) is 22.4 Å². The van der Waals surface area contributed by atoms with Gasteiger partial charge in [-0.2, -0.15) is 0 Å². The third kappa shape index (κ3) is 5.04. The fourth-order valence-electron chi connectivity index (χ4n) is 4.05. The Morgan fingerprint density at radius 3 is 2.59 bits per heavy atom. The molecule has 9 heteroatoms. The predicted molar refractivity (Wildman–Crippen MR) is 128 cm³/mol. The summed E-state index contributed by atoms with van der Waals surface area (Å²) < 4.78 is 23.2. The second-order valence-corrected chi connectivity index (χ2v) is 10.8. The van der Waals surface area contributed by atoms with Crippen LogP contribution in [0.5, 0.6) is 0 Å². The van der Waals surface area contributed by atoms with Crippen molar-refractivity contribution >= 4 is 38.2 Å². The van der Waals surface area contributed by atoms with Crippen LogP contribution in [0.2, 0.25) is 0 Å². The van der Waals surface area contributed by atoms with Gasteiger partial charge >= 0.3 is 0 Å². The number of H-pyrrole nitrogens is 1. The molecule has 0 atom stereocenters. The topological polar surface area (TPSA) is 98.4 Å². The van der Waals surface area contributed by atoms with Gasteiger partial charge < -0.3 is 20.1 Å². The molecule has 1 aromatic carbocycles. The minimum Gasteiger partial charge on any atom is -0.380 e. The lowest BCUT2D eigenvalue weighted by atomic mass is 10.2. The van der Waals surface area contributed by atoms with E-state index in [0.29, 0.717) is 43.5 Å². The number of nitrogens with one attached hydrogen (secondary N) is 2. The van der Waals surface area contributed by atoms with Gasteiger partial charge in [-0.1, -0.05) is 6.07 Å². The van der Waals surface area contributed by atoms with Crippen LogP contribution in [0.25, 0.3) is 10.9 Å². The molecule has 1 amide bonds. The van der Waals surface area contributed by atoms with E-state index >= 15 is 0 Å². The molecule has 1 aliphatic heterocycles. The van der Waals surface area contributed by atoms with Crippen LogP contribution in [0.15, 0.2) is 42.6 Å². The van der Waals surface area contributed by atoms with E-state index in [1.54, 1.807) is 18.3 Å². The number of anilines is 2. The molecule has 0 radical (unpaired) electrons. The second-order valence-electron chi connectivity index (χ2n) is 8.63. The number of aromatic nitrogens is 2. The third-order valence-electron chi connectivity index (χ3n) is 5.44. The SMILES string of the molecule is CC(C)Nc1cccnc1N1CCN(C(=O)c2cc3cc(CS(C)(=O)=O)ccc3[nH]2)CC1. The molecule has 0 saturated carbocycles. The number of pyridine rings is 1. The number of aromatic amines is 1. The number of sulfone groups is 1. The Bertz CT molecular complexity index is 1230. The van der Waals surface area contributed by atoms with Crippen LogP contribution >= 0.6 is 0 Å². The molecule has 3 aromatic rings. The number of amides is 1. The van der Waals surface area contributed by atoms with Crippen LogP contribution in [-0.2, 0) is 15.6 Å². The zero-order valence-electron chi connectivity index (χ0n) is 18.6. The van der Waals surface area contributed by atoms with Crippen LogP contribution in [0.1, 0.15) is 29.9 Å². The van der Waals surface area contributed by atoms with Gasteiger partial charge in [0.25, 0.3) is 5.91 Å². The third-order valence-corrected chi connectivity index (χ3v) is 6.30. The summed E-state index contributed by atoms with van der Waals surface area (Å²) in [5.41, 5.74) is 3.06. The Balaban J connectivity index is 1.45. The number of benzene rings is 1. The maximum Gasteiger partial charge on any atom is 0.270 e. The molecule has 1 saturated heterocycles. The second kappa shape index (κ2) is 8.82. The lowest BCUT2D eigenvalue weighted by Crippen LogP contribution is -2.49. The van der Waals surface area contributed by atoms with E-state index in [4.69, 9.17) is 0 Å². The summed E-state index contributed by atoms with van der Waals surface area (Å²) in [6, 6.07) is 11.5. The summed E-state index contributed by atoms with van der Waals surface area (Å²) in [4.78, 5) is 24.9. The van der Waals surface area contributed by atoms with Gasteiger partial charge in [0, 0.05) is 55.6 Å². The first-order chi connectivity index (χ1) is 15.2. The van der Waals surface area contributed by atoms with E-state index in [1.165, 1.54) is 6.26 Å². The Hall–Kier alpha value is -3.07. The Kier molecular flexibility index (Phi) is 6.10. The van der Waals surface area contributed by atoms with Gasteiger partial charge in [-0.25, -0.2) is 13.4 Å². The number of hydrogen-bond donors (Lipinski definition) is 2. The Morgan fingerprint density at radius 1 is 1.16 bits per heavy atom. The minimum absolute atomic E-state index is 0.0134. The van der Waals surface area contributed by atoms with E-state index in [9.17, 15) is 13.2 Å². The Labute approximate surface area is 188 Å². The summed E-state index contributed by atoms with van der Waals surface area (Å²) in [5, 5.41) is 4.28. The number of hydrogen-bond acceptors (Lipinski definition) is 6. The predicted octanol–water partition coefficient (Wildman–Crippen LogP) is 2.89. The molecular weight excluding hydrogens is 426 g/mol. The monoisotopic (exact) mass is 455 g/mol. The first-order valence-electron chi connectivity index (χ1n) is 10.7. The molecule has 3 heterocycles. The smallest absolute Gasteiger partial charge is 0.270 e. The van der Waals surface area contributed by atoms with Crippen molar-refractivity contribution in [3.63, 3.8) is 0 Å². The fraction of sp³-hybridized carbons (Fsp3) is 0.391. The highest BCUT2D eigenvalue weighted by atomic mass is 32.2. The van der Waals surface area contributed by atoms with Gasteiger partial charge in [0.05, 0.1) is 11.4 Å². The lowest BCUT2D eigenvalue weighted by molar-refractivity contribution is 0.0741. The highest BCUT2D eigenvalue weighted by Crippen LogP contribution is 2.25. The molecule has 2 N–H and O–H groups in total. The van der Waals surface area contributed by atoms with Crippen LogP contribution in [-0.4, -0.2) is 67.7 Å². The minimum atomic E-state index is -3.11. The van der Waals surface area contributed by atoms with Crippen LogP contribution in [0.4, 0.5) is 11.5 Å². The van der Waals surface area contributed by atoms with Gasteiger partial charge in [-0.3, -0.25) is 4.79 Å². The molecule has 4 rings (SSSR count). The van der Waals surface area contributed by atoms with Gasteiger partial charge in [-0.15, -0.1) is 0 Å². The summed E-state index contributed by atoms with van der Waals surface area (Å²) in [6.45, 7) is 6.80. The van der Waals surface area contributed by atoms with Crippen molar-refractivity contribution in [2.24, 2.45) is 0 Å². The number of nitrogens with zero attached hydrogens (tertiary/aromatic N) is 3. The average molecular weight is 456 g/mol. The van der Waals surface area contributed by atoms with E-state index in [2.05, 4.69) is 34.0 Å². The molecule has 170 valence electrons. The molecule has 0 spiro atoms. The number of piperazine rings is 1. The van der Waals surface area contributed by atoms with Crippen molar-refractivity contribution in [1.29, 1.82) is 0 Å². The van der Waals surface area contributed by atoms with Crippen molar-refractivity contribution in [2.75, 3.05) is 42.7 Å². The van der Waals surface area contributed by atoms with Crippen molar-refractivity contribution in [3.8, 4) is 0 Å². The maximum atomic E-state index is 13.1. The maximum absolute atomic E-state index is 13.1. The first-order valence-corrected chi connectivity index (χ1v) is 12.8. The summed E-state index contributed by atoms with van der Waals surface area (Å²) in [7, 11) is -3.11. The molecule has 1 fully saturated rings. The van der Waals surface area contributed by atoms with Gasteiger partial charge in [0.15, 0.2) is 15.7 Å². The number of rotatable bonds is 6. The largest absolute Gasteiger partial charge is 0.380 e. The molecule has 0 bridgehead atoms. The number of fused-ring (bicyclic) bond motifs is 1. The molecular formula is C23H29N5O3S. The molecule has 32 heavy (non-hydrogen) atoms. The zero-order chi connectivity index (χ0) is 22.9. The van der Waals surface area contributed by atoms with Gasteiger partial charge in [0.1, 0.15) is 5.69 Å². The van der Waals surface area contributed by atoms with Crippen molar-refractivity contribution in [2.45, 2.75) is 25.6 Å². The average Bonchev–Trinajstić information content (AvgIpc) is 3.15. The van der Waals surface area contributed by atoms with Crippen LogP contribution in [0.3, 0.4) is 0 Å². The lowest BCUT2D eigenvalue weighted by Gasteiger charge is -2.36. The number of carbonyl (C=O) groups excluding carboxylic acids is 1. The zero-order valence-corrected chi connectivity index (χ0v) is 19.4. The first kappa shape index (κ1) is 22.1. The van der Waals surface area contributed by atoms with E-state index in [1.807, 2.05) is 29.2 Å². The van der Waals surface area contributed by atoms with Crippen LogP contribution in [0, 0.1) is 0 Å². The van der Waals surface area contributed by atoms with Crippen molar-refractivity contribution < 1.29 is 13.2 Å². The molecule has 8 nitrogen and oxygen atoms in total. The van der Waals surface area contributed by atoms with Crippen molar-refractivity contribution in [3.05, 3.63) is 53.9 Å². The van der Waals surface area contributed by atoms with Crippen LogP contribution < -0.4 is 10.2 Å². The summed E-state index contributed by atoms with van der Waals surface area (Å²) >= 11 is 0. The summed E-state index contributed by atoms with van der Waals surface area (Å²) in [6.07, 6.45) is 3.01. The standard InChI is InChI=1S/C23H29N5O3S/c1-16(2)25-20-5-4-8-24-22(20)27-9-11-28(12-10-27)23(29)21-14-18-13-17(15-32(3,30)31)6-7-19(18)26-21/h4-8,13-14,16,25-26H,9-12,15H2,1-3H3. The van der Waals surface area contributed by atoms with E-state index < -0.39 is 9.84 Å². The fourth-order valence-corrected chi connectivity index (χ4v) is 4.84. The summed E-state index contributed by atoms with van der Waals surface area (Å²) in [5.74, 6) is 0.852. The molecule has 2 aromatic heterocycles. The number of carbonyl (C=O) groups is 1. The molecule has 1 aliphatic rings. The highest BCUT2D eigenvalue weighted by molar-refractivity contribution is 7.89. The Morgan fingerprint density at radius 2 is 1.91 bits per heavy atom. The highest BCUT2D eigenvalue weighted by Gasteiger charge is 2.25. The van der Waals surface area contributed by atoms with Crippen molar-refractivity contribution in [1.82, 2.24) is 14.9 Å². The molecule has 0 unspecified atom stereocenters. The van der Waals surface area contributed by atoms with Gasteiger partial charge in [-0.05, 0) is 49.7 Å². The quantitative estimate of drug-likeness (QED) is 0.593. The van der Waals surface area contributed by atoms with Gasteiger partial charge in [0.2, 0.25) is 0 Å². The molecule has 0 aliphatic carbocycles. The normalized spacial score (nSPS) is 14.9.